The molecule has 1 atom stereocenters. The molecular weight excluding hydrogens is 286 g/mol. The summed E-state index contributed by atoms with van der Waals surface area (Å²) in [6.45, 7) is 1.85. The van der Waals surface area contributed by atoms with Gasteiger partial charge in [-0.15, -0.1) is 0 Å². The molecule has 0 saturated carbocycles. The molecule has 3 rings (SSSR count). The molecule has 0 fully saturated rings. The average Bonchev–Trinajstić information content (AvgIpc) is 2.73. The number of para-hydroxylation sites is 1. The molecule has 0 radical (unpaired) electrons. The maximum atomic E-state index is 10.4. The van der Waals surface area contributed by atoms with Crippen LogP contribution in [0.15, 0.2) is 36.4 Å². The molecule has 2 heterocycles. The van der Waals surface area contributed by atoms with Gasteiger partial charge >= 0.3 is 0 Å². The molecule has 0 aliphatic heterocycles. The Balaban J connectivity index is 1.91. The number of aliphatic hydroxyl groups is 1. The fourth-order valence-electron chi connectivity index (χ4n) is 2.46. The van der Waals surface area contributed by atoms with Crippen molar-refractivity contribution in [2.45, 2.75) is 19.4 Å². The number of fused-ring (bicyclic) bond motifs is 1. The monoisotopic (exact) mass is 301 g/mol. The Morgan fingerprint density at radius 3 is 2.71 bits per heavy atom. The van der Waals surface area contributed by atoms with Crippen LogP contribution >= 0.6 is 11.6 Å². The molecule has 4 nitrogen and oxygen atoms in total. The summed E-state index contributed by atoms with van der Waals surface area (Å²) in [6.07, 6.45) is -0.316. The summed E-state index contributed by atoms with van der Waals surface area (Å²) in [6, 6.07) is 11.7. The Morgan fingerprint density at radius 2 is 2.00 bits per heavy atom. The highest BCUT2D eigenvalue weighted by molar-refractivity contribution is 6.31. The summed E-state index contributed by atoms with van der Waals surface area (Å²) in [5.41, 5.74) is 3.11. The first-order chi connectivity index (χ1) is 10.1. The second-order valence-electron chi connectivity index (χ2n) is 5.12. The van der Waals surface area contributed by atoms with Gasteiger partial charge in [0.2, 0.25) is 0 Å². The van der Waals surface area contributed by atoms with Gasteiger partial charge in [0, 0.05) is 18.9 Å². The van der Waals surface area contributed by atoms with Crippen LogP contribution in [0, 0.1) is 6.92 Å². The predicted molar refractivity (Wildman–Crippen MR) is 83.4 cm³/mol. The van der Waals surface area contributed by atoms with Crippen LogP contribution in [0.1, 0.15) is 23.2 Å². The highest BCUT2D eigenvalue weighted by atomic mass is 35.5. The zero-order chi connectivity index (χ0) is 15.0. The third kappa shape index (κ3) is 2.64. The minimum atomic E-state index is -0.707. The highest BCUT2D eigenvalue weighted by Crippen LogP contribution is 2.25. The number of hydrogen-bond acceptors (Lipinski definition) is 3. The molecule has 108 valence electrons. The van der Waals surface area contributed by atoms with Gasteiger partial charge in [0.25, 0.3) is 0 Å². The summed E-state index contributed by atoms with van der Waals surface area (Å²) in [5, 5.41) is 16.4. The number of halogens is 1. The van der Waals surface area contributed by atoms with E-state index < -0.39 is 6.10 Å². The Kier molecular flexibility index (Phi) is 3.66. The lowest BCUT2D eigenvalue weighted by Crippen LogP contribution is -2.08. The van der Waals surface area contributed by atoms with Gasteiger partial charge in [0.1, 0.15) is 6.10 Å². The highest BCUT2D eigenvalue weighted by Gasteiger charge is 2.17. The predicted octanol–water partition coefficient (Wildman–Crippen LogP) is 3.21. The van der Waals surface area contributed by atoms with Crippen LogP contribution in [0.25, 0.3) is 10.9 Å². The zero-order valence-electron chi connectivity index (χ0n) is 11.9. The lowest BCUT2D eigenvalue weighted by Gasteiger charge is -2.11. The second kappa shape index (κ2) is 5.47. The molecule has 0 aliphatic rings. The first-order valence-electron chi connectivity index (χ1n) is 6.78. The van der Waals surface area contributed by atoms with E-state index in [1.807, 2.05) is 50.4 Å². The Bertz CT molecular complexity index is 797. The summed E-state index contributed by atoms with van der Waals surface area (Å²) < 4.78 is 1.71. The number of rotatable bonds is 3. The number of aromatic nitrogens is 3. The molecular formula is C16H16ClN3O. The van der Waals surface area contributed by atoms with Crippen LogP contribution in [0.3, 0.4) is 0 Å². The van der Waals surface area contributed by atoms with Crippen LogP contribution in [0.2, 0.25) is 5.02 Å². The molecule has 0 bridgehead atoms. The van der Waals surface area contributed by atoms with Crippen molar-refractivity contribution in [3.05, 3.63) is 58.5 Å². The third-order valence-electron chi connectivity index (χ3n) is 3.61. The number of nitrogens with zero attached hydrogens (tertiary/aromatic N) is 3. The molecule has 0 aliphatic carbocycles. The van der Waals surface area contributed by atoms with Gasteiger partial charge in [-0.2, -0.15) is 5.10 Å². The van der Waals surface area contributed by atoms with Crippen LogP contribution in [-0.4, -0.2) is 19.9 Å². The molecule has 0 spiro atoms. The lowest BCUT2D eigenvalue weighted by atomic mass is 10.1. The molecule has 2 aromatic heterocycles. The van der Waals surface area contributed by atoms with E-state index in [0.29, 0.717) is 17.1 Å². The topological polar surface area (TPSA) is 50.9 Å². The average molecular weight is 302 g/mol. The molecule has 1 N–H and O–H groups in total. The minimum absolute atomic E-state index is 0.390. The largest absolute Gasteiger partial charge is 0.386 e. The van der Waals surface area contributed by atoms with Crippen molar-refractivity contribution in [3.8, 4) is 0 Å². The SMILES string of the molecule is Cc1nn(C)c(CC(O)c2ccc3ccccc3n2)c1Cl. The van der Waals surface area contributed by atoms with Gasteiger partial charge in [-0.05, 0) is 19.1 Å². The zero-order valence-corrected chi connectivity index (χ0v) is 12.7. The van der Waals surface area contributed by atoms with Crippen molar-refractivity contribution in [3.63, 3.8) is 0 Å². The van der Waals surface area contributed by atoms with Gasteiger partial charge < -0.3 is 5.11 Å². The number of pyridine rings is 1. The molecule has 3 aromatic rings. The first-order valence-corrected chi connectivity index (χ1v) is 7.16. The second-order valence-corrected chi connectivity index (χ2v) is 5.50. The van der Waals surface area contributed by atoms with Crippen molar-refractivity contribution in [1.29, 1.82) is 0 Å². The summed E-state index contributed by atoms with van der Waals surface area (Å²) >= 11 is 6.23. The molecule has 0 saturated heterocycles. The van der Waals surface area contributed by atoms with Gasteiger partial charge in [0.15, 0.2) is 0 Å². The molecule has 0 amide bonds. The van der Waals surface area contributed by atoms with Crippen molar-refractivity contribution >= 4 is 22.5 Å². The fraction of sp³-hybridized carbons (Fsp3) is 0.250. The van der Waals surface area contributed by atoms with Crippen LogP contribution < -0.4 is 0 Å². The number of benzene rings is 1. The third-order valence-corrected chi connectivity index (χ3v) is 4.10. The van der Waals surface area contributed by atoms with E-state index in [1.54, 1.807) is 4.68 Å². The Labute approximate surface area is 128 Å². The molecule has 21 heavy (non-hydrogen) atoms. The van der Waals surface area contributed by atoms with E-state index in [4.69, 9.17) is 11.6 Å². The van der Waals surface area contributed by atoms with Gasteiger partial charge in [-0.1, -0.05) is 35.9 Å². The van der Waals surface area contributed by atoms with Gasteiger partial charge in [-0.3, -0.25) is 9.67 Å². The first kappa shape index (κ1) is 14.0. The van der Waals surface area contributed by atoms with Crippen LogP contribution in [0.5, 0.6) is 0 Å². The van der Waals surface area contributed by atoms with Crippen molar-refractivity contribution in [2.75, 3.05) is 0 Å². The van der Waals surface area contributed by atoms with Crippen molar-refractivity contribution < 1.29 is 5.11 Å². The standard InChI is InChI=1S/C16H16ClN3O/c1-10-16(17)14(20(2)19-10)9-15(21)13-8-7-11-5-3-4-6-12(11)18-13/h3-8,15,21H,9H2,1-2H3. The van der Waals surface area contributed by atoms with E-state index in [1.165, 1.54) is 0 Å². The lowest BCUT2D eigenvalue weighted by molar-refractivity contribution is 0.171. The molecule has 1 aromatic carbocycles. The molecule has 1 unspecified atom stereocenters. The number of aryl methyl sites for hydroxylation is 2. The number of hydrogen-bond donors (Lipinski definition) is 1. The van der Waals surface area contributed by atoms with Crippen LogP contribution in [0.4, 0.5) is 0 Å². The fourth-order valence-corrected chi connectivity index (χ4v) is 2.69. The van der Waals surface area contributed by atoms with E-state index >= 15 is 0 Å². The Morgan fingerprint density at radius 1 is 1.24 bits per heavy atom. The van der Waals surface area contributed by atoms with E-state index in [-0.39, 0.29) is 0 Å². The summed E-state index contributed by atoms with van der Waals surface area (Å²) in [7, 11) is 1.83. The van der Waals surface area contributed by atoms with Crippen molar-refractivity contribution in [1.82, 2.24) is 14.8 Å². The number of aliphatic hydroxyl groups excluding tert-OH is 1. The maximum Gasteiger partial charge on any atom is 0.102 e. The van der Waals surface area contributed by atoms with Gasteiger partial charge in [0.05, 0.1) is 27.6 Å². The quantitative estimate of drug-likeness (QED) is 0.808. The summed E-state index contributed by atoms with van der Waals surface area (Å²) in [5.74, 6) is 0. The molecule has 5 heteroatoms. The van der Waals surface area contributed by atoms with Gasteiger partial charge in [-0.25, -0.2) is 0 Å². The van der Waals surface area contributed by atoms with E-state index in [0.717, 1.165) is 22.3 Å². The summed E-state index contributed by atoms with van der Waals surface area (Å²) in [4.78, 5) is 4.51. The smallest absolute Gasteiger partial charge is 0.102 e. The maximum absolute atomic E-state index is 10.4. The normalized spacial score (nSPS) is 12.8. The van der Waals surface area contributed by atoms with E-state index in [2.05, 4.69) is 10.1 Å². The minimum Gasteiger partial charge on any atom is -0.386 e. The Hall–Kier alpha value is -1.91. The van der Waals surface area contributed by atoms with Crippen LogP contribution in [-0.2, 0) is 13.5 Å². The van der Waals surface area contributed by atoms with E-state index in [9.17, 15) is 5.11 Å². The van der Waals surface area contributed by atoms with Crippen molar-refractivity contribution in [2.24, 2.45) is 7.05 Å².